The summed E-state index contributed by atoms with van der Waals surface area (Å²) in [5, 5.41) is 2.71. The van der Waals surface area contributed by atoms with Crippen molar-refractivity contribution in [2.24, 2.45) is 4.99 Å². The third kappa shape index (κ3) is 6.60. The van der Waals surface area contributed by atoms with E-state index >= 15 is 0 Å². The summed E-state index contributed by atoms with van der Waals surface area (Å²) >= 11 is 1.20. The number of nitrogens with zero attached hydrogens (tertiary/aromatic N) is 2. The van der Waals surface area contributed by atoms with E-state index < -0.39 is 18.0 Å². The number of amides is 1. The quantitative estimate of drug-likeness (QED) is 0.355. The summed E-state index contributed by atoms with van der Waals surface area (Å²) in [5.41, 5.74) is 2.26. The van der Waals surface area contributed by atoms with Gasteiger partial charge in [0.2, 0.25) is 5.91 Å². The molecule has 1 aromatic heterocycles. The zero-order chi connectivity index (χ0) is 30.4. The average Bonchev–Trinajstić information content (AvgIpc) is 3.26. The number of hydrogen-bond acceptors (Lipinski definition) is 10. The van der Waals surface area contributed by atoms with Crippen LogP contribution in [0.15, 0.2) is 63.5 Å². The van der Waals surface area contributed by atoms with Crippen molar-refractivity contribution in [1.29, 1.82) is 0 Å². The minimum absolute atomic E-state index is 0.145. The first-order valence-corrected chi connectivity index (χ1v) is 14.0. The molecule has 12 heteroatoms. The maximum absolute atomic E-state index is 13.9. The molecule has 4 rings (SSSR count). The van der Waals surface area contributed by atoms with E-state index in [1.165, 1.54) is 29.9 Å². The lowest BCUT2D eigenvalue weighted by atomic mass is 9.95. The first-order valence-electron chi connectivity index (χ1n) is 13.2. The zero-order valence-electron chi connectivity index (χ0n) is 23.9. The third-order valence-electron chi connectivity index (χ3n) is 6.20. The Morgan fingerprint density at radius 2 is 1.79 bits per heavy atom. The van der Waals surface area contributed by atoms with E-state index in [9.17, 15) is 19.2 Å². The molecule has 1 aliphatic heterocycles. The van der Waals surface area contributed by atoms with E-state index in [1.807, 2.05) is 0 Å². The van der Waals surface area contributed by atoms with Crippen LogP contribution in [0.1, 0.15) is 44.9 Å². The number of methoxy groups -OCH3 is 1. The van der Waals surface area contributed by atoms with Crippen molar-refractivity contribution in [3.05, 3.63) is 84.5 Å². The van der Waals surface area contributed by atoms with Crippen LogP contribution in [0.4, 0.5) is 5.69 Å². The lowest BCUT2D eigenvalue weighted by molar-refractivity contribution is -0.143. The molecule has 0 radical (unpaired) electrons. The van der Waals surface area contributed by atoms with Gasteiger partial charge in [-0.2, -0.15) is 0 Å². The molecule has 42 heavy (non-hydrogen) atoms. The fourth-order valence-electron chi connectivity index (χ4n) is 4.40. The molecule has 1 N–H and O–H groups in total. The molecule has 220 valence electrons. The molecule has 0 unspecified atom stereocenters. The highest BCUT2D eigenvalue weighted by Crippen LogP contribution is 2.36. The van der Waals surface area contributed by atoms with Crippen LogP contribution in [-0.2, 0) is 23.9 Å². The number of rotatable bonds is 10. The minimum Gasteiger partial charge on any atom is -0.490 e. The van der Waals surface area contributed by atoms with Gasteiger partial charge in [-0.25, -0.2) is 14.6 Å². The number of allylic oxidation sites excluding steroid dienone is 1. The van der Waals surface area contributed by atoms with Crippen LogP contribution in [0, 0.1) is 0 Å². The van der Waals surface area contributed by atoms with Crippen molar-refractivity contribution in [2.45, 2.75) is 33.7 Å². The summed E-state index contributed by atoms with van der Waals surface area (Å²) in [4.78, 5) is 55.1. The van der Waals surface area contributed by atoms with E-state index in [0.717, 1.165) is 5.56 Å². The highest BCUT2D eigenvalue weighted by Gasteiger charge is 2.34. The Morgan fingerprint density at radius 1 is 1.05 bits per heavy atom. The summed E-state index contributed by atoms with van der Waals surface area (Å²) in [6.45, 7) is 6.77. The summed E-state index contributed by atoms with van der Waals surface area (Å²) in [6, 6.07) is 11.2. The van der Waals surface area contributed by atoms with E-state index in [4.69, 9.17) is 14.2 Å². The molecule has 11 nitrogen and oxygen atoms in total. The maximum atomic E-state index is 13.9. The molecule has 0 fully saturated rings. The highest BCUT2D eigenvalue weighted by atomic mass is 32.1. The Bertz CT molecular complexity index is 1720. The fraction of sp³-hybridized carbons (Fsp3) is 0.300. The number of carbonyl (C=O) groups excluding carboxylic acids is 3. The first kappa shape index (κ1) is 30.3. The number of ether oxygens (including phenoxy) is 4. The number of esters is 2. The van der Waals surface area contributed by atoms with Gasteiger partial charge < -0.3 is 24.3 Å². The van der Waals surface area contributed by atoms with Crippen molar-refractivity contribution in [2.75, 3.05) is 32.2 Å². The lowest BCUT2D eigenvalue weighted by Gasteiger charge is -2.25. The summed E-state index contributed by atoms with van der Waals surface area (Å²) in [5.74, 6) is -0.686. The predicted molar refractivity (Wildman–Crippen MR) is 156 cm³/mol. The second kappa shape index (κ2) is 13.3. The van der Waals surface area contributed by atoms with Crippen LogP contribution in [0.5, 0.6) is 11.5 Å². The molecular formula is C30H31N3O8S. The van der Waals surface area contributed by atoms with Crippen molar-refractivity contribution in [1.82, 2.24) is 4.57 Å². The van der Waals surface area contributed by atoms with Crippen LogP contribution < -0.4 is 29.7 Å². The topological polar surface area (TPSA) is 135 Å². The molecule has 1 amide bonds. The van der Waals surface area contributed by atoms with Gasteiger partial charge in [0.25, 0.3) is 5.56 Å². The summed E-state index contributed by atoms with van der Waals surface area (Å²) in [6.07, 6.45) is 1.73. The van der Waals surface area contributed by atoms with Gasteiger partial charge in [0.15, 0.2) is 22.9 Å². The molecule has 0 aliphatic carbocycles. The van der Waals surface area contributed by atoms with Crippen molar-refractivity contribution >= 4 is 40.9 Å². The number of hydrogen-bond donors (Lipinski definition) is 1. The van der Waals surface area contributed by atoms with Crippen LogP contribution in [-0.4, -0.2) is 49.3 Å². The smallest absolute Gasteiger partial charge is 0.343 e. The molecule has 2 heterocycles. The molecule has 2 aromatic carbocycles. The Labute approximate surface area is 245 Å². The molecular weight excluding hydrogens is 562 g/mol. The van der Waals surface area contributed by atoms with Gasteiger partial charge in [-0.05, 0) is 62.2 Å². The first-order chi connectivity index (χ1) is 20.2. The third-order valence-corrected chi connectivity index (χ3v) is 7.19. The van der Waals surface area contributed by atoms with Gasteiger partial charge in [0.05, 0.1) is 42.2 Å². The lowest BCUT2D eigenvalue weighted by Crippen LogP contribution is -2.40. The van der Waals surface area contributed by atoms with E-state index in [2.05, 4.69) is 15.0 Å². The number of carbonyl (C=O) groups is 3. The van der Waals surface area contributed by atoms with Gasteiger partial charge in [0, 0.05) is 12.6 Å². The number of thiazole rings is 1. The van der Waals surface area contributed by atoms with E-state index in [1.54, 1.807) is 69.3 Å². The number of anilines is 1. The predicted octanol–water partition coefficient (Wildman–Crippen LogP) is 2.71. The standard InChI is InChI=1S/C30H31N3O8S/c1-6-39-23-15-20(10-13-22(23)41-16-25(35)38-5)27-26(29(37)40-7-2)17(3)31-30-33(27)28(36)24(42-30)14-19-8-11-21(12-9-19)32-18(4)34/h8-15,27H,6-7,16H2,1-5H3,(H,32,34)/b24-14-/t27-/m0/s1. The molecule has 0 spiro atoms. The monoisotopic (exact) mass is 593 g/mol. The molecule has 0 bridgehead atoms. The number of aromatic nitrogens is 1. The highest BCUT2D eigenvalue weighted by molar-refractivity contribution is 7.07. The molecule has 1 atom stereocenters. The van der Waals surface area contributed by atoms with E-state index in [0.29, 0.717) is 44.4 Å². The number of fused-ring (bicyclic) bond motifs is 1. The van der Waals surface area contributed by atoms with Crippen molar-refractivity contribution in [3.63, 3.8) is 0 Å². The maximum Gasteiger partial charge on any atom is 0.343 e. The van der Waals surface area contributed by atoms with Crippen molar-refractivity contribution in [3.8, 4) is 11.5 Å². The van der Waals surface area contributed by atoms with Crippen LogP contribution in [0.25, 0.3) is 6.08 Å². The molecule has 1 aliphatic rings. The van der Waals surface area contributed by atoms with Crippen LogP contribution >= 0.6 is 11.3 Å². The SMILES string of the molecule is CCOC(=O)C1=C(C)N=c2s/c(=C\c3ccc(NC(C)=O)cc3)c(=O)n2[C@H]1c1ccc(OCC(=O)OC)c(OCC)c1. The fourth-order valence-corrected chi connectivity index (χ4v) is 5.45. The van der Waals surface area contributed by atoms with Gasteiger partial charge in [-0.1, -0.05) is 29.5 Å². The summed E-state index contributed by atoms with van der Waals surface area (Å²) in [7, 11) is 1.26. The van der Waals surface area contributed by atoms with Gasteiger partial charge >= 0.3 is 11.9 Å². The van der Waals surface area contributed by atoms with Crippen LogP contribution in [0.3, 0.4) is 0 Å². The van der Waals surface area contributed by atoms with Gasteiger partial charge in [-0.3, -0.25) is 14.2 Å². The Balaban J connectivity index is 1.85. The van der Waals surface area contributed by atoms with E-state index in [-0.39, 0.29) is 30.3 Å². The Hall–Kier alpha value is -4.71. The molecule has 0 saturated carbocycles. The Morgan fingerprint density at radius 3 is 2.43 bits per heavy atom. The number of nitrogens with one attached hydrogen (secondary N) is 1. The number of benzene rings is 2. The van der Waals surface area contributed by atoms with Crippen molar-refractivity contribution < 1.29 is 33.3 Å². The summed E-state index contributed by atoms with van der Waals surface area (Å²) < 4.78 is 23.3. The average molecular weight is 594 g/mol. The second-order valence-electron chi connectivity index (χ2n) is 9.11. The zero-order valence-corrected chi connectivity index (χ0v) is 24.7. The van der Waals surface area contributed by atoms with Gasteiger partial charge in [0.1, 0.15) is 0 Å². The molecule has 3 aromatic rings. The normalized spacial score (nSPS) is 14.5. The molecule has 0 saturated heterocycles. The Kier molecular flexibility index (Phi) is 9.58. The second-order valence-corrected chi connectivity index (χ2v) is 10.1. The van der Waals surface area contributed by atoms with Crippen LogP contribution in [0.2, 0.25) is 0 Å². The minimum atomic E-state index is -0.863. The van der Waals surface area contributed by atoms with Gasteiger partial charge in [-0.15, -0.1) is 0 Å². The largest absolute Gasteiger partial charge is 0.490 e.